The van der Waals surface area contributed by atoms with Crippen molar-refractivity contribution in [2.75, 3.05) is 6.26 Å². The molecule has 0 aromatic heterocycles. The molecule has 2 nitrogen and oxygen atoms in total. The number of hydrogen-bond donors (Lipinski definition) is 2. The summed E-state index contributed by atoms with van der Waals surface area (Å²) in [7, 11) is 0. The highest BCUT2D eigenvalue weighted by atomic mass is 32.2. The van der Waals surface area contributed by atoms with Gasteiger partial charge in [-0.25, -0.2) is 0 Å². The first-order valence-corrected chi connectivity index (χ1v) is 5.44. The normalized spacial score (nSPS) is 10.6. The van der Waals surface area contributed by atoms with Crippen molar-refractivity contribution in [3.8, 4) is 11.5 Å². The van der Waals surface area contributed by atoms with Crippen molar-refractivity contribution in [2.24, 2.45) is 0 Å². The summed E-state index contributed by atoms with van der Waals surface area (Å²) < 4.78 is 0. The third-order valence-electron chi connectivity index (χ3n) is 2.18. The van der Waals surface area contributed by atoms with E-state index >= 15 is 0 Å². The molecule has 0 heterocycles. The van der Waals surface area contributed by atoms with Crippen LogP contribution in [0, 0.1) is 0 Å². The molecule has 0 unspecified atom stereocenters. The Morgan fingerprint density at radius 1 is 1.00 bits per heavy atom. The van der Waals surface area contributed by atoms with Crippen LogP contribution in [0.2, 0.25) is 0 Å². The van der Waals surface area contributed by atoms with E-state index in [2.05, 4.69) is 0 Å². The first-order chi connectivity index (χ1) is 6.74. The summed E-state index contributed by atoms with van der Waals surface area (Å²) in [6, 6.07) is 8.60. The lowest BCUT2D eigenvalue weighted by Gasteiger charge is -2.06. The van der Waals surface area contributed by atoms with Crippen LogP contribution in [-0.4, -0.2) is 16.5 Å². The number of aromatic hydroxyl groups is 2. The van der Waals surface area contributed by atoms with E-state index < -0.39 is 0 Å². The van der Waals surface area contributed by atoms with Crippen LogP contribution in [0.5, 0.6) is 11.5 Å². The molecule has 0 aliphatic rings. The van der Waals surface area contributed by atoms with Crippen LogP contribution in [-0.2, 0) is 0 Å². The van der Waals surface area contributed by atoms with Crippen LogP contribution in [0.1, 0.15) is 0 Å². The molecule has 0 saturated heterocycles. The summed E-state index contributed by atoms with van der Waals surface area (Å²) >= 11 is 1.55. The average Bonchev–Trinajstić information content (AvgIpc) is 2.23. The minimum Gasteiger partial charge on any atom is -0.507 e. The number of rotatable bonds is 1. The quantitative estimate of drug-likeness (QED) is 0.556. The summed E-state index contributed by atoms with van der Waals surface area (Å²) in [5.74, 6) is 0.413. The van der Waals surface area contributed by atoms with Crippen molar-refractivity contribution in [1.29, 1.82) is 0 Å². The van der Waals surface area contributed by atoms with Gasteiger partial charge in [-0.1, -0.05) is 12.1 Å². The largest absolute Gasteiger partial charge is 0.507 e. The van der Waals surface area contributed by atoms with Gasteiger partial charge in [0, 0.05) is 15.7 Å². The molecular formula is C11H10O2S. The molecule has 0 amide bonds. The molecule has 2 aromatic carbocycles. The topological polar surface area (TPSA) is 40.5 Å². The van der Waals surface area contributed by atoms with Gasteiger partial charge >= 0.3 is 0 Å². The molecule has 14 heavy (non-hydrogen) atoms. The molecule has 0 saturated carbocycles. The highest BCUT2D eigenvalue weighted by Gasteiger charge is 2.07. The Labute approximate surface area is 86.2 Å². The number of benzene rings is 2. The zero-order valence-electron chi connectivity index (χ0n) is 7.69. The number of hydrogen-bond acceptors (Lipinski definition) is 3. The van der Waals surface area contributed by atoms with Gasteiger partial charge in [-0.05, 0) is 24.5 Å². The van der Waals surface area contributed by atoms with Crippen LogP contribution < -0.4 is 0 Å². The molecule has 0 aliphatic heterocycles. The second-order valence-corrected chi connectivity index (χ2v) is 3.83. The highest BCUT2D eigenvalue weighted by molar-refractivity contribution is 7.98. The van der Waals surface area contributed by atoms with Crippen LogP contribution >= 0.6 is 11.8 Å². The molecule has 0 fully saturated rings. The molecular weight excluding hydrogens is 196 g/mol. The van der Waals surface area contributed by atoms with Crippen molar-refractivity contribution in [1.82, 2.24) is 0 Å². The van der Waals surface area contributed by atoms with Gasteiger partial charge in [0.25, 0.3) is 0 Å². The van der Waals surface area contributed by atoms with Crippen molar-refractivity contribution in [2.45, 2.75) is 4.90 Å². The third-order valence-corrected chi connectivity index (χ3v) is 2.96. The fourth-order valence-corrected chi connectivity index (χ4v) is 2.14. The molecule has 2 aromatic rings. The van der Waals surface area contributed by atoms with Gasteiger partial charge in [0.1, 0.15) is 11.5 Å². The average molecular weight is 206 g/mol. The molecule has 0 radical (unpaired) electrons. The predicted octanol–water partition coefficient (Wildman–Crippen LogP) is 2.97. The first kappa shape index (κ1) is 9.21. The fourth-order valence-electron chi connectivity index (χ4n) is 1.51. The van der Waals surface area contributed by atoms with Crippen LogP contribution in [0.25, 0.3) is 10.8 Å². The van der Waals surface area contributed by atoms with Crippen molar-refractivity contribution in [3.05, 3.63) is 30.3 Å². The van der Waals surface area contributed by atoms with E-state index in [1.165, 1.54) is 12.1 Å². The SMILES string of the molecule is CSc1cccc2c(O)ccc(O)c12. The zero-order chi connectivity index (χ0) is 10.1. The summed E-state index contributed by atoms with van der Waals surface area (Å²) in [6.07, 6.45) is 1.94. The predicted molar refractivity (Wildman–Crippen MR) is 59.1 cm³/mol. The van der Waals surface area contributed by atoms with Crippen LogP contribution in [0.15, 0.2) is 35.2 Å². The standard InChI is InChI=1S/C11H10O2S/c1-14-10-4-2-3-7-8(12)5-6-9(13)11(7)10/h2-6,12-13H,1H3. The maximum absolute atomic E-state index is 9.68. The summed E-state index contributed by atoms with van der Waals surface area (Å²) in [5.41, 5.74) is 0. The first-order valence-electron chi connectivity index (χ1n) is 4.21. The second kappa shape index (κ2) is 3.42. The van der Waals surface area contributed by atoms with Crippen LogP contribution in [0.3, 0.4) is 0 Å². The van der Waals surface area contributed by atoms with Crippen molar-refractivity contribution >= 4 is 22.5 Å². The third kappa shape index (κ3) is 1.30. The Morgan fingerprint density at radius 2 is 1.71 bits per heavy atom. The van der Waals surface area contributed by atoms with E-state index in [-0.39, 0.29) is 11.5 Å². The Balaban J connectivity index is 2.92. The molecule has 72 valence electrons. The number of thioether (sulfide) groups is 1. The highest BCUT2D eigenvalue weighted by Crippen LogP contribution is 2.37. The Bertz CT molecular complexity index is 480. The van der Waals surface area contributed by atoms with E-state index in [1.54, 1.807) is 17.8 Å². The summed E-state index contributed by atoms with van der Waals surface area (Å²) in [6.45, 7) is 0. The molecule has 2 rings (SSSR count). The van der Waals surface area contributed by atoms with E-state index in [0.717, 1.165) is 10.3 Å². The monoisotopic (exact) mass is 206 g/mol. The van der Waals surface area contributed by atoms with Gasteiger partial charge in [-0.2, -0.15) is 0 Å². The Morgan fingerprint density at radius 3 is 2.43 bits per heavy atom. The van der Waals surface area contributed by atoms with Crippen molar-refractivity contribution in [3.63, 3.8) is 0 Å². The smallest absolute Gasteiger partial charge is 0.124 e. The number of phenolic OH excluding ortho intramolecular Hbond substituents is 2. The fraction of sp³-hybridized carbons (Fsp3) is 0.0909. The van der Waals surface area contributed by atoms with E-state index in [1.807, 2.05) is 18.4 Å². The van der Waals surface area contributed by atoms with Gasteiger partial charge in [0.2, 0.25) is 0 Å². The number of fused-ring (bicyclic) bond motifs is 1. The molecule has 0 bridgehead atoms. The van der Waals surface area contributed by atoms with Gasteiger partial charge < -0.3 is 10.2 Å². The molecule has 0 spiro atoms. The van der Waals surface area contributed by atoms with Crippen molar-refractivity contribution < 1.29 is 10.2 Å². The van der Waals surface area contributed by atoms with Crippen LogP contribution in [0.4, 0.5) is 0 Å². The number of phenols is 2. The lowest BCUT2D eigenvalue weighted by atomic mass is 10.1. The van der Waals surface area contributed by atoms with Gasteiger partial charge in [-0.3, -0.25) is 0 Å². The van der Waals surface area contributed by atoms with Gasteiger partial charge in [0.05, 0.1) is 0 Å². The minimum absolute atomic E-state index is 0.203. The van der Waals surface area contributed by atoms with Gasteiger partial charge in [-0.15, -0.1) is 11.8 Å². The molecule has 0 aliphatic carbocycles. The van der Waals surface area contributed by atoms with E-state index in [4.69, 9.17) is 0 Å². The Hall–Kier alpha value is -1.35. The zero-order valence-corrected chi connectivity index (χ0v) is 8.51. The van der Waals surface area contributed by atoms with E-state index in [9.17, 15) is 10.2 Å². The summed E-state index contributed by atoms with van der Waals surface area (Å²) in [4.78, 5) is 0.968. The summed E-state index contributed by atoms with van der Waals surface area (Å²) in [5, 5.41) is 20.7. The van der Waals surface area contributed by atoms with E-state index in [0.29, 0.717) is 5.39 Å². The lowest BCUT2D eigenvalue weighted by molar-refractivity contribution is 0.469. The maximum atomic E-state index is 9.68. The molecule has 0 atom stereocenters. The maximum Gasteiger partial charge on any atom is 0.124 e. The lowest BCUT2D eigenvalue weighted by Crippen LogP contribution is -1.79. The molecule has 2 N–H and O–H groups in total. The second-order valence-electron chi connectivity index (χ2n) is 2.99. The minimum atomic E-state index is 0.203. The van der Waals surface area contributed by atoms with Gasteiger partial charge in [0.15, 0.2) is 0 Å². The molecule has 3 heteroatoms. The Kier molecular flexibility index (Phi) is 2.25.